The van der Waals surface area contributed by atoms with Crippen molar-refractivity contribution in [2.45, 2.75) is 0 Å². The third kappa shape index (κ3) is 3.72. The van der Waals surface area contributed by atoms with E-state index in [1.54, 1.807) is 0 Å². The second kappa shape index (κ2) is 7.23. The standard InChI is InChI=1S/C24H19B/c1-3-9-19(10-4-1)21-13-7-15-23(17-21)25-24-16-8-14-22(18-24)20-11-5-2-6-12-20/h1-18,25H. The highest BCUT2D eigenvalue weighted by Crippen LogP contribution is 2.18. The quantitative estimate of drug-likeness (QED) is 0.489. The van der Waals surface area contributed by atoms with E-state index in [1.807, 2.05) is 0 Å². The molecule has 4 rings (SSSR count). The lowest BCUT2D eigenvalue weighted by molar-refractivity contribution is 1.63. The summed E-state index contributed by atoms with van der Waals surface area (Å²) in [5.74, 6) is 0. The van der Waals surface area contributed by atoms with Crippen molar-refractivity contribution in [3.05, 3.63) is 109 Å². The molecule has 0 fully saturated rings. The summed E-state index contributed by atoms with van der Waals surface area (Å²) in [4.78, 5) is 0. The van der Waals surface area contributed by atoms with E-state index in [0.717, 1.165) is 7.28 Å². The van der Waals surface area contributed by atoms with Gasteiger partial charge >= 0.3 is 0 Å². The van der Waals surface area contributed by atoms with Gasteiger partial charge < -0.3 is 0 Å². The van der Waals surface area contributed by atoms with E-state index in [-0.39, 0.29) is 0 Å². The van der Waals surface area contributed by atoms with Crippen molar-refractivity contribution in [2.75, 3.05) is 0 Å². The van der Waals surface area contributed by atoms with Crippen LogP contribution < -0.4 is 10.9 Å². The highest BCUT2D eigenvalue weighted by Gasteiger charge is 2.04. The minimum absolute atomic E-state index is 0.946. The fourth-order valence-corrected chi connectivity index (χ4v) is 3.22. The molecular weight excluding hydrogens is 299 g/mol. The summed E-state index contributed by atoms with van der Waals surface area (Å²) in [6.45, 7) is 0. The van der Waals surface area contributed by atoms with Crippen molar-refractivity contribution in [1.29, 1.82) is 0 Å². The summed E-state index contributed by atoms with van der Waals surface area (Å²) in [5, 5.41) is 0. The van der Waals surface area contributed by atoms with Crippen molar-refractivity contribution in [1.82, 2.24) is 0 Å². The van der Waals surface area contributed by atoms with Crippen LogP contribution in [0.25, 0.3) is 22.3 Å². The van der Waals surface area contributed by atoms with E-state index in [2.05, 4.69) is 109 Å². The topological polar surface area (TPSA) is 0 Å². The zero-order chi connectivity index (χ0) is 16.9. The van der Waals surface area contributed by atoms with Crippen LogP contribution in [0.1, 0.15) is 0 Å². The predicted molar refractivity (Wildman–Crippen MR) is 110 cm³/mol. The second-order valence-corrected chi connectivity index (χ2v) is 6.31. The molecular formula is C24H19B. The Morgan fingerprint density at radius 1 is 0.360 bits per heavy atom. The van der Waals surface area contributed by atoms with Gasteiger partial charge in [0, 0.05) is 0 Å². The third-order valence-corrected chi connectivity index (χ3v) is 4.48. The van der Waals surface area contributed by atoms with E-state index < -0.39 is 0 Å². The molecule has 0 bridgehead atoms. The van der Waals surface area contributed by atoms with Gasteiger partial charge in [-0.15, -0.1) is 0 Å². The molecule has 4 aromatic rings. The summed E-state index contributed by atoms with van der Waals surface area (Å²) in [7, 11) is 0.946. The molecule has 0 unspecified atom stereocenters. The summed E-state index contributed by atoms with van der Waals surface area (Å²) < 4.78 is 0. The van der Waals surface area contributed by atoms with Gasteiger partial charge in [-0.1, -0.05) is 120 Å². The Morgan fingerprint density at radius 3 is 1.20 bits per heavy atom. The summed E-state index contributed by atoms with van der Waals surface area (Å²) in [6.07, 6.45) is 0. The average Bonchev–Trinajstić information content (AvgIpc) is 2.70. The number of hydrogen-bond donors (Lipinski definition) is 0. The summed E-state index contributed by atoms with van der Waals surface area (Å²) in [5.41, 5.74) is 7.76. The Hall–Kier alpha value is -3.06. The molecule has 25 heavy (non-hydrogen) atoms. The molecule has 118 valence electrons. The minimum Gasteiger partial charge on any atom is -0.0779 e. The SMILES string of the molecule is B(c1cccc(-c2ccccc2)c1)c1cccc(-c2ccccc2)c1. The molecule has 0 aromatic heterocycles. The molecule has 0 N–H and O–H groups in total. The third-order valence-electron chi connectivity index (χ3n) is 4.48. The normalized spacial score (nSPS) is 10.4. The fraction of sp³-hybridized carbons (Fsp3) is 0. The Kier molecular flexibility index (Phi) is 4.47. The van der Waals surface area contributed by atoms with Crippen molar-refractivity contribution in [2.24, 2.45) is 0 Å². The lowest BCUT2D eigenvalue weighted by Gasteiger charge is -2.07. The molecule has 0 aliphatic heterocycles. The molecule has 0 aliphatic rings. The lowest BCUT2D eigenvalue weighted by Crippen LogP contribution is -2.26. The predicted octanol–water partition coefficient (Wildman–Crippen LogP) is 4.41. The van der Waals surface area contributed by atoms with E-state index >= 15 is 0 Å². The van der Waals surface area contributed by atoms with Crippen molar-refractivity contribution in [3.8, 4) is 22.3 Å². The molecule has 0 radical (unpaired) electrons. The van der Waals surface area contributed by atoms with Crippen LogP contribution in [0.3, 0.4) is 0 Å². The van der Waals surface area contributed by atoms with Gasteiger partial charge in [0.05, 0.1) is 0 Å². The van der Waals surface area contributed by atoms with Crippen LogP contribution in [0.15, 0.2) is 109 Å². The van der Waals surface area contributed by atoms with Gasteiger partial charge in [0.25, 0.3) is 0 Å². The molecule has 0 saturated heterocycles. The number of hydrogen-bond acceptors (Lipinski definition) is 0. The maximum absolute atomic E-state index is 2.30. The Labute approximate surface area is 150 Å². The zero-order valence-corrected chi connectivity index (χ0v) is 14.1. The first-order valence-corrected chi connectivity index (χ1v) is 8.67. The Balaban J connectivity index is 1.61. The second-order valence-electron chi connectivity index (χ2n) is 6.31. The van der Waals surface area contributed by atoms with Crippen LogP contribution >= 0.6 is 0 Å². The Bertz CT molecular complexity index is 878. The van der Waals surface area contributed by atoms with E-state index in [4.69, 9.17) is 0 Å². The molecule has 0 heterocycles. The van der Waals surface area contributed by atoms with Crippen LogP contribution in [-0.4, -0.2) is 7.28 Å². The lowest BCUT2D eigenvalue weighted by atomic mass is 9.63. The van der Waals surface area contributed by atoms with E-state index in [1.165, 1.54) is 33.2 Å². The van der Waals surface area contributed by atoms with E-state index in [9.17, 15) is 0 Å². The molecule has 0 amide bonds. The molecule has 4 aromatic carbocycles. The van der Waals surface area contributed by atoms with Crippen molar-refractivity contribution in [3.63, 3.8) is 0 Å². The summed E-state index contributed by atoms with van der Waals surface area (Å²) >= 11 is 0. The molecule has 0 nitrogen and oxygen atoms in total. The maximum Gasteiger partial charge on any atom is 0.192 e. The van der Waals surface area contributed by atoms with Gasteiger partial charge in [0.1, 0.15) is 0 Å². The van der Waals surface area contributed by atoms with Crippen LogP contribution in [0.4, 0.5) is 0 Å². The minimum atomic E-state index is 0.946. The fourth-order valence-electron chi connectivity index (χ4n) is 3.22. The monoisotopic (exact) mass is 318 g/mol. The number of benzene rings is 4. The first-order valence-electron chi connectivity index (χ1n) is 8.67. The van der Waals surface area contributed by atoms with Crippen LogP contribution in [-0.2, 0) is 0 Å². The number of rotatable bonds is 4. The maximum atomic E-state index is 2.30. The van der Waals surface area contributed by atoms with Crippen LogP contribution in [0.2, 0.25) is 0 Å². The Morgan fingerprint density at radius 2 is 0.760 bits per heavy atom. The van der Waals surface area contributed by atoms with Crippen molar-refractivity contribution >= 4 is 18.2 Å². The first kappa shape index (κ1) is 15.5. The molecule has 0 atom stereocenters. The van der Waals surface area contributed by atoms with Gasteiger partial charge in [-0.3, -0.25) is 0 Å². The van der Waals surface area contributed by atoms with Gasteiger partial charge in [-0.25, -0.2) is 0 Å². The molecule has 0 aliphatic carbocycles. The van der Waals surface area contributed by atoms with Gasteiger partial charge in [0.15, 0.2) is 7.28 Å². The first-order chi connectivity index (χ1) is 12.4. The largest absolute Gasteiger partial charge is 0.192 e. The zero-order valence-electron chi connectivity index (χ0n) is 14.1. The molecule has 0 saturated carbocycles. The van der Waals surface area contributed by atoms with Crippen LogP contribution in [0, 0.1) is 0 Å². The highest BCUT2D eigenvalue weighted by atomic mass is 14.0. The van der Waals surface area contributed by atoms with Crippen LogP contribution in [0.5, 0.6) is 0 Å². The molecule has 0 spiro atoms. The molecule has 1 heteroatoms. The van der Waals surface area contributed by atoms with Gasteiger partial charge in [0.2, 0.25) is 0 Å². The highest BCUT2D eigenvalue weighted by molar-refractivity contribution is 6.67. The van der Waals surface area contributed by atoms with E-state index in [0.29, 0.717) is 0 Å². The van der Waals surface area contributed by atoms with Gasteiger partial charge in [-0.05, 0) is 22.3 Å². The smallest absolute Gasteiger partial charge is 0.0779 e. The van der Waals surface area contributed by atoms with Gasteiger partial charge in [-0.2, -0.15) is 0 Å². The summed E-state index contributed by atoms with van der Waals surface area (Å²) in [6, 6.07) is 38.8. The van der Waals surface area contributed by atoms with Crippen molar-refractivity contribution < 1.29 is 0 Å². The average molecular weight is 318 g/mol.